The van der Waals surface area contributed by atoms with Gasteiger partial charge in [0.05, 0.1) is 0 Å². The minimum Gasteiger partial charge on any atom is -0.315 e. The van der Waals surface area contributed by atoms with E-state index in [1.54, 1.807) is 0 Å². The largest absolute Gasteiger partial charge is 0.315 e. The molecule has 94 valence electrons. The van der Waals surface area contributed by atoms with Gasteiger partial charge >= 0.3 is 0 Å². The molecule has 0 aromatic carbocycles. The van der Waals surface area contributed by atoms with Crippen molar-refractivity contribution in [3.8, 4) is 0 Å². The predicted octanol–water partition coefficient (Wildman–Crippen LogP) is 2.35. The molecule has 0 radical (unpaired) electrons. The molecule has 2 aliphatic heterocycles. The second kappa shape index (κ2) is 5.50. The Bertz CT molecular complexity index is 207. The van der Waals surface area contributed by atoms with Gasteiger partial charge in [0.2, 0.25) is 0 Å². The molecule has 2 saturated heterocycles. The Kier molecular flexibility index (Phi) is 4.26. The van der Waals surface area contributed by atoms with Gasteiger partial charge in [0, 0.05) is 12.6 Å². The first kappa shape index (κ1) is 12.4. The minimum absolute atomic E-state index is 0.817. The maximum absolute atomic E-state index is 3.57. The topological polar surface area (TPSA) is 15.3 Å². The SMILES string of the molecule is CC1CNCC(N2CCC(C(C)C)CC2)C1. The molecule has 2 nitrogen and oxygen atoms in total. The van der Waals surface area contributed by atoms with Crippen molar-refractivity contribution in [3.63, 3.8) is 0 Å². The number of nitrogens with one attached hydrogen (secondary N) is 1. The van der Waals surface area contributed by atoms with Crippen LogP contribution in [0.2, 0.25) is 0 Å². The third-order valence-electron chi connectivity index (χ3n) is 4.58. The van der Waals surface area contributed by atoms with Crippen molar-refractivity contribution in [2.45, 2.75) is 46.1 Å². The molecule has 2 atom stereocenters. The standard InChI is InChI=1S/C14H28N2/c1-11(2)13-4-6-16(7-5-13)14-8-12(3)9-15-10-14/h11-15H,4-10H2,1-3H3. The van der Waals surface area contributed by atoms with Gasteiger partial charge in [-0.05, 0) is 56.7 Å². The zero-order valence-corrected chi connectivity index (χ0v) is 11.2. The van der Waals surface area contributed by atoms with E-state index in [4.69, 9.17) is 0 Å². The fourth-order valence-corrected chi connectivity index (χ4v) is 3.36. The summed E-state index contributed by atoms with van der Waals surface area (Å²) in [4.78, 5) is 2.74. The highest BCUT2D eigenvalue weighted by molar-refractivity contribution is 4.85. The van der Waals surface area contributed by atoms with Gasteiger partial charge in [-0.2, -0.15) is 0 Å². The maximum Gasteiger partial charge on any atom is 0.0223 e. The molecule has 2 heteroatoms. The summed E-state index contributed by atoms with van der Waals surface area (Å²) < 4.78 is 0. The van der Waals surface area contributed by atoms with E-state index < -0.39 is 0 Å². The second-order valence-corrected chi connectivity index (χ2v) is 6.27. The van der Waals surface area contributed by atoms with E-state index >= 15 is 0 Å². The van der Waals surface area contributed by atoms with Crippen molar-refractivity contribution >= 4 is 0 Å². The molecule has 1 N–H and O–H groups in total. The molecule has 0 saturated carbocycles. The molecule has 2 fully saturated rings. The summed E-state index contributed by atoms with van der Waals surface area (Å²) in [6.07, 6.45) is 4.24. The zero-order chi connectivity index (χ0) is 11.5. The molecule has 0 amide bonds. The van der Waals surface area contributed by atoms with E-state index in [2.05, 4.69) is 31.0 Å². The molecule has 0 bridgehead atoms. The maximum atomic E-state index is 3.57. The van der Waals surface area contributed by atoms with Crippen molar-refractivity contribution in [1.82, 2.24) is 10.2 Å². The first-order valence-electron chi connectivity index (χ1n) is 7.11. The lowest BCUT2D eigenvalue weighted by Gasteiger charge is -2.41. The van der Waals surface area contributed by atoms with E-state index in [1.807, 2.05) is 0 Å². The summed E-state index contributed by atoms with van der Waals surface area (Å²) >= 11 is 0. The van der Waals surface area contributed by atoms with Crippen LogP contribution in [0.15, 0.2) is 0 Å². The van der Waals surface area contributed by atoms with Crippen LogP contribution in [-0.2, 0) is 0 Å². The molecule has 0 aliphatic carbocycles. The van der Waals surface area contributed by atoms with E-state index in [1.165, 1.54) is 45.4 Å². The van der Waals surface area contributed by atoms with Gasteiger partial charge in [0.1, 0.15) is 0 Å². The van der Waals surface area contributed by atoms with Crippen LogP contribution in [0.5, 0.6) is 0 Å². The molecule has 2 rings (SSSR count). The Morgan fingerprint density at radius 3 is 2.38 bits per heavy atom. The Labute approximate surface area is 101 Å². The summed E-state index contributed by atoms with van der Waals surface area (Å²) in [5.41, 5.74) is 0. The fraction of sp³-hybridized carbons (Fsp3) is 1.00. The Morgan fingerprint density at radius 1 is 1.12 bits per heavy atom. The molecule has 2 heterocycles. The Hall–Kier alpha value is -0.0800. The van der Waals surface area contributed by atoms with Gasteiger partial charge in [-0.1, -0.05) is 20.8 Å². The normalized spacial score (nSPS) is 34.5. The Balaban J connectivity index is 1.79. The number of piperidine rings is 2. The van der Waals surface area contributed by atoms with Gasteiger partial charge in [-0.3, -0.25) is 4.90 Å². The summed E-state index contributed by atoms with van der Waals surface area (Å²) in [7, 11) is 0. The molecular formula is C14H28N2. The van der Waals surface area contributed by atoms with Crippen LogP contribution in [0.4, 0.5) is 0 Å². The number of rotatable bonds is 2. The summed E-state index contributed by atoms with van der Waals surface area (Å²) in [6.45, 7) is 12.2. The number of hydrogen-bond donors (Lipinski definition) is 1. The summed E-state index contributed by atoms with van der Waals surface area (Å²) in [5.74, 6) is 2.72. The third kappa shape index (κ3) is 2.98. The predicted molar refractivity (Wildman–Crippen MR) is 69.6 cm³/mol. The first-order chi connectivity index (χ1) is 7.66. The van der Waals surface area contributed by atoms with Gasteiger partial charge in [-0.15, -0.1) is 0 Å². The lowest BCUT2D eigenvalue weighted by Crippen LogP contribution is -2.51. The fourth-order valence-electron chi connectivity index (χ4n) is 3.36. The number of nitrogens with zero attached hydrogens (tertiary/aromatic N) is 1. The van der Waals surface area contributed by atoms with Crippen molar-refractivity contribution < 1.29 is 0 Å². The van der Waals surface area contributed by atoms with Crippen molar-refractivity contribution in [1.29, 1.82) is 0 Å². The van der Waals surface area contributed by atoms with Crippen LogP contribution in [0.1, 0.15) is 40.0 Å². The van der Waals surface area contributed by atoms with Gasteiger partial charge in [-0.25, -0.2) is 0 Å². The lowest BCUT2D eigenvalue weighted by molar-refractivity contribution is 0.0888. The van der Waals surface area contributed by atoms with Gasteiger partial charge < -0.3 is 5.32 Å². The molecule has 2 aliphatic rings. The van der Waals surface area contributed by atoms with Crippen molar-refractivity contribution in [3.05, 3.63) is 0 Å². The lowest BCUT2D eigenvalue weighted by atomic mass is 9.85. The highest BCUT2D eigenvalue weighted by Gasteiger charge is 2.28. The van der Waals surface area contributed by atoms with Crippen LogP contribution >= 0.6 is 0 Å². The zero-order valence-electron chi connectivity index (χ0n) is 11.2. The summed E-state index contributed by atoms with van der Waals surface area (Å²) in [6, 6.07) is 0.817. The highest BCUT2D eigenvalue weighted by atomic mass is 15.2. The monoisotopic (exact) mass is 224 g/mol. The van der Waals surface area contributed by atoms with Gasteiger partial charge in [0.15, 0.2) is 0 Å². The molecule has 0 aromatic rings. The molecule has 16 heavy (non-hydrogen) atoms. The van der Waals surface area contributed by atoms with Crippen LogP contribution in [0.3, 0.4) is 0 Å². The quantitative estimate of drug-likeness (QED) is 0.774. The van der Waals surface area contributed by atoms with Crippen LogP contribution in [0, 0.1) is 17.8 Å². The highest BCUT2D eigenvalue weighted by Crippen LogP contribution is 2.27. The van der Waals surface area contributed by atoms with Crippen molar-refractivity contribution in [2.24, 2.45) is 17.8 Å². The van der Waals surface area contributed by atoms with Crippen LogP contribution < -0.4 is 5.32 Å². The third-order valence-corrected chi connectivity index (χ3v) is 4.58. The molecule has 0 aromatic heterocycles. The Morgan fingerprint density at radius 2 is 1.81 bits per heavy atom. The number of hydrogen-bond acceptors (Lipinski definition) is 2. The van der Waals surface area contributed by atoms with Gasteiger partial charge in [0.25, 0.3) is 0 Å². The van der Waals surface area contributed by atoms with Crippen molar-refractivity contribution in [2.75, 3.05) is 26.2 Å². The van der Waals surface area contributed by atoms with E-state index in [0.29, 0.717) is 0 Å². The average Bonchev–Trinajstić information content (AvgIpc) is 2.29. The van der Waals surface area contributed by atoms with E-state index in [0.717, 1.165) is 23.8 Å². The first-order valence-corrected chi connectivity index (χ1v) is 7.11. The number of likely N-dealkylation sites (tertiary alicyclic amines) is 1. The minimum atomic E-state index is 0.817. The van der Waals surface area contributed by atoms with E-state index in [-0.39, 0.29) is 0 Å². The molecule has 0 spiro atoms. The average molecular weight is 224 g/mol. The smallest absolute Gasteiger partial charge is 0.0223 e. The second-order valence-electron chi connectivity index (χ2n) is 6.27. The van der Waals surface area contributed by atoms with Crippen LogP contribution in [-0.4, -0.2) is 37.1 Å². The summed E-state index contributed by atoms with van der Waals surface area (Å²) in [5, 5.41) is 3.57. The molecule has 2 unspecified atom stereocenters. The van der Waals surface area contributed by atoms with Crippen LogP contribution in [0.25, 0.3) is 0 Å². The molecular weight excluding hydrogens is 196 g/mol. The van der Waals surface area contributed by atoms with E-state index in [9.17, 15) is 0 Å².